The number of anilines is 6. The SMILES string of the molecule is CC1(C)c2ccccc2-c2ccc(N(c3ccc(-c4cc5ccccc5c5ccccc45)cc3)c3ccc4cc(-c5ccccc5)ccc4c3)cc21.CC1(C)c2ccccc2-c2ccc(N(c3ccc(-c4cc5ccccc5c5ccccc45)cc3)c3ccc4ccc(-c5ccccc5)cc4c3)cc21. The Balaban J connectivity index is 0.000000143. The van der Waals surface area contributed by atoms with Crippen LogP contribution in [0.3, 0.4) is 0 Å². The van der Waals surface area contributed by atoms with Gasteiger partial charge in [0.1, 0.15) is 0 Å². The van der Waals surface area contributed by atoms with E-state index in [-0.39, 0.29) is 10.8 Å². The Kier molecular flexibility index (Phi) is 15.0. The zero-order valence-corrected chi connectivity index (χ0v) is 58.7. The first-order valence-corrected chi connectivity index (χ1v) is 36.4. The number of fused-ring (bicyclic) bond motifs is 14. The maximum atomic E-state index is 2.43. The van der Waals surface area contributed by atoms with Gasteiger partial charge < -0.3 is 9.80 Å². The average molecular weight is 1330 g/mol. The fourth-order valence-corrected chi connectivity index (χ4v) is 17.1. The summed E-state index contributed by atoms with van der Waals surface area (Å²) in [4.78, 5) is 4.85. The van der Waals surface area contributed by atoms with Gasteiger partial charge in [0, 0.05) is 45.0 Å². The summed E-state index contributed by atoms with van der Waals surface area (Å²) in [7, 11) is 0. The molecule has 492 valence electrons. The van der Waals surface area contributed by atoms with Crippen LogP contribution in [-0.4, -0.2) is 0 Å². The van der Waals surface area contributed by atoms with Gasteiger partial charge in [-0.25, -0.2) is 0 Å². The Morgan fingerprint density at radius 2 is 0.481 bits per heavy atom. The molecule has 0 amide bonds. The topological polar surface area (TPSA) is 6.48 Å². The Bertz CT molecular complexity index is 6400. The summed E-state index contributed by atoms with van der Waals surface area (Å²) >= 11 is 0. The zero-order valence-electron chi connectivity index (χ0n) is 58.7. The van der Waals surface area contributed by atoms with Crippen LogP contribution in [0.5, 0.6) is 0 Å². The zero-order chi connectivity index (χ0) is 69.6. The van der Waals surface area contributed by atoms with Gasteiger partial charge in [-0.2, -0.15) is 0 Å². The van der Waals surface area contributed by atoms with E-state index in [0.29, 0.717) is 0 Å². The molecule has 0 saturated heterocycles. The Hall–Kier alpha value is -12.9. The van der Waals surface area contributed by atoms with Crippen molar-refractivity contribution < 1.29 is 0 Å². The first kappa shape index (κ1) is 62.2. The fraction of sp³-hybridized carbons (Fsp3) is 0.0588. The van der Waals surface area contributed by atoms with Crippen molar-refractivity contribution in [1.29, 1.82) is 0 Å². The van der Waals surface area contributed by atoms with E-state index >= 15 is 0 Å². The minimum Gasteiger partial charge on any atom is -0.310 e. The summed E-state index contributed by atoms with van der Waals surface area (Å²) in [6.45, 7) is 9.43. The molecule has 0 aromatic heterocycles. The monoisotopic (exact) mass is 1330 g/mol. The first-order valence-electron chi connectivity index (χ1n) is 36.4. The number of nitrogens with zero attached hydrogens (tertiary/aromatic N) is 2. The van der Waals surface area contributed by atoms with Gasteiger partial charge in [0.25, 0.3) is 0 Å². The first-order chi connectivity index (χ1) is 51.1. The van der Waals surface area contributed by atoms with E-state index in [4.69, 9.17) is 0 Å². The summed E-state index contributed by atoms with van der Waals surface area (Å²) < 4.78 is 0. The average Bonchev–Trinajstić information content (AvgIpc) is 1.65. The van der Waals surface area contributed by atoms with E-state index in [9.17, 15) is 0 Å². The van der Waals surface area contributed by atoms with E-state index in [1.165, 1.54) is 154 Å². The van der Waals surface area contributed by atoms with Gasteiger partial charge in [-0.15, -0.1) is 0 Å². The van der Waals surface area contributed by atoms with Crippen LogP contribution in [0.2, 0.25) is 0 Å². The van der Waals surface area contributed by atoms with Gasteiger partial charge in [0.2, 0.25) is 0 Å². The quantitative estimate of drug-likeness (QED) is 0.126. The Morgan fingerprint density at radius 3 is 0.962 bits per heavy atom. The molecule has 2 heteroatoms. The van der Waals surface area contributed by atoms with Crippen LogP contribution in [0.25, 0.3) is 131 Å². The molecule has 0 spiro atoms. The van der Waals surface area contributed by atoms with Gasteiger partial charge in [-0.1, -0.05) is 307 Å². The molecule has 2 aliphatic rings. The van der Waals surface area contributed by atoms with Crippen LogP contribution in [0.4, 0.5) is 34.1 Å². The van der Waals surface area contributed by atoms with Crippen molar-refractivity contribution in [3.05, 3.63) is 398 Å². The second-order valence-electron chi connectivity index (χ2n) is 29.2. The summed E-state index contributed by atoms with van der Waals surface area (Å²) in [6, 6.07) is 138. The predicted octanol–water partition coefficient (Wildman–Crippen LogP) is 28.5. The molecule has 0 atom stereocenters. The standard InChI is InChI=1S/2C51H37N/c1-51(2)49-19-11-10-18-46(49)47-29-28-42(33-50(47)51)52(41-27-22-35-20-21-37(30-39(35)31-41)34-12-4-3-5-13-34)40-25-23-36(24-26-40)48-32-38-14-6-7-15-43(38)44-16-8-9-17-45(44)48;1-51(2)49-19-11-10-18-46(49)47-29-28-42(33-50(47)51)52(41-27-24-37-30-36(20-21-38(37)31-41)34-12-4-3-5-13-34)40-25-22-35(23-26-40)48-32-39-14-6-7-15-43(39)44-16-8-9-17-45(44)48/h2*3-33H,1-2H3. The van der Waals surface area contributed by atoms with Crippen LogP contribution in [-0.2, 0) is 10.8 Å². The van der Waals surface area contributed by atoms with Gasteiger partial charge in [-0.3, -0.25) is 0 Å². The summed E-state index contributed by atoms with van der Waals surface area (Å²) in [5.41, 5.74) is 27.3. The molecule has 0 N–H and O–H groups in total. The smallest absolute Gasteiger partial charge is 0.0468 e. The normalized spacial score (nSPS) is 13.0. The second-order valence-corrected chi connectivity index (χ2v) is 29.2. The van der Waals surface area contributed by atoms with Crippen LogP contribution >= 0.6 is 0 Å². The van der Waals surface area contributed by atoms with Crippen molar-refractivity contribution in [3.8, 4) is 66.8 Å². The minimum atomic E-state index is -0.0947. The van der Waals surface area contributed by atoms with E-state index < -0.39 is 0 Å². The van der Waals surface area contributed by atoms with Gasteiger partial charge in [0.15, 0.2) is 0 Å². The van der Waals surface area contributed by atoms with Crippen molar-refractivity contribution in [2.45, 2.75) is 38.5 Å². The molecule has 0 bridgehead atoms. The van der Waals surface area contributed by atoms with Crippen molar-refractivity contribution in [1.82, 2.24) is 0 Å². The molecular formula is C102H74N2. The van der Waals surface area contributed by atoms with E-state index in [1.54, 1.807) is 0 Å². The minimum absolute atomic E-state index is 0.0914. The molecule has 0 saturated carbocycles. The summed E-state index contributed by atoms with van der Waals surface area (Å²) in [6.07, 6.45) is 0. The highest BCUT2D eigenvalue weighted by Gasteiger charge is 2.37. The van der Waals surface area contributed by atoms with E-state index in [1.807, 2.05) is 0 Å². The number of hydrogen-bond donors (Lipinski definition) is 0. The Morgan fingerprint density at radius 1 is 0.163 bits per heavy atom. The lowest BCUT2D eigenvalue weighted by Crippen LogP contribution is -2.16. The molecule has 2 aliphatic carbocycles. The number of benzene rings is 18. The highest BCUT2D eigenvalue weighted by atomic mass is 15.1. The lowest BCUT2D eigenvalue weighted by atomic mass is 9.82. The molecule has 20 rings (SSSR count). The molecule has 0 fully saturated rings. The third kappa shape index (κ3) is 10.6. The van der Waals surface area contributed by atoms with Crippen molar-refractivity contribution in [2.75, 3.05) is 9.80 Å². The van der Waals surface area contributed by atoms with Crippen LogP contribution in [0.15, 0.2) is 376 Å². The predicted molar refractivity (Wildman–Crippen MR) is 444 cm³/mol. The molecule has 104 heavy (non-hydrogen) atoms. The number of rotatable bonds is 10. The molecule has 0 aliphatic heterocycles. The molecule has 0 heterocycles. The molecule has 18 aromatic rings. The molecule has 18 aromatic carbocycles. The van der Waals surface area contributed by atoms with Crippen molar-refractivity contribution >= 4 is 98.8 Å². The second kappa shape index (κ2) is 25.0. The fourth-order valence-electron chi connectivity index (χ4n) is 17.1. The van der Waals surface area contributed by atoms with Crippen LogP contribution < -0.4 is 9.80 Å². The lowest BCUT2D eigenvalue weighted by molar-refractivity contribution is 0.660. The largest absolute Gasteiger partial charge is 0.310 e. The molecule has 0 unspecified atom stereocenters. The highest BCUT2D eigenvalue weighted by molar-refractivity contribution is 6.15. The Labute approximate surface area is 608 Å². The van der Waals surface area contributed by atoms with E-state index in [0.717, 1.165) is 34.1 Å². The third-order valence-corrected chi connectivity index (χ3v) is 22.4. The summed E-state index contributed by atoms with van der Waals surface area (Å²) in [5, 5.41) is 15.1. The third-order valence-electron chi connectivity index (χ3n) is 22.4. The molecular weight excluding hydrogens is 1250 g/mol. The number of hydrogen-bond acceptors (Lipinski definition) is 2. The maximum absolute atomic E-state index is 2.43. The lowest BCUT2D eigenvalue weighted by Gasteiger charge is -2.28. The molecule has 0 radical (unpaired) electrons. The van der Waals surface area contributed by atoms with Gasteiger partial charge in [0.05, 0.1) is 0 Å². The van der Waals surface area contributed by atoms with Crippen LogP contribution in [0, 0.1) is 0 Å². The van der Waals surface area contributed by atoms with Crippen molar-refractivity contribution in [2.24, 2.45) is 0 Å². The summed E-state index contributed by atoms with van der Waals surface area (Å²) in [5.74, 6) is 0. The molecule has 2 nitrogen and oxygen atoms in total. The van der Waals surface area contributed by atoms with E-state index in [2.05, 4.69) is 414 Å². The van der Waals surface area contributed by atoms with Crippen LogP contribution in [0.1, 0.15) is 49.9 Å². The van der Waals surface area contributed by atoms with Gasteiger partial charge in [-0.05, 0) is 251 Å². The maximum Gasteiger partial charge on any atom is 0.0468 e. The van der Waals surface area contributed by atoms with Crippen molar-refractivity contribution in [3.63, 3.8) is 0 Å². The highest BCUT2D eigenvalue weighted by Crippen LogP contribution is 2.53. The van der Waals surface area contributed by atoms with Gasteiger partial charge >= 0.3 is 0 Å².